The number of carbonyl (C=O) groups is 1. The third kappa shape index (κ3) is 2.58. The molecule has 1 rings (SSSR count). The molecular formula is C8H4F4O3. The minimum Gasteiger partial charge on any atom is -0.476 e. The average molecular weight is 224 g/mol. The first-order valence-electron chi connectivity index (χ1n) is 3.60. The van der Waals surface area contributed by atoms with Crippen LogP contribution in [0.2, 0.25) is 0 Å². The first kappa shape index (κ1) is 11.3. The average Bonchev–Trinajstić information content (AvgIpc) is 2.13. The van der Waals surface area contributed by atoms with E-state index >= 15 is 0 Å². The van der Waals surface area contributed by atoms with Crippen molar-refractivity contribution >= 4 is 5.97 Å². The smallest absolute Gasteiger partial charge is 0.378 e. The molecule has 1 atom stereocenters. The molecule has 0 saturated heterocycles. The Bertz CT molecular complexity index is 394. The molecule has 0 saturated carbocycles. The topological polar surface area (TPSA) is 46.5 Å². The van der Waals surface area contributed by atoms with Gasteiger partial charge in [0.1, 0.15) is 5.82 Å². The highest BCUT2D eigenvalue weighted by Crippen LogP contribution is 2.22. The van der Waals surface area contributed by atoms with E-state index in [2.05, 4.69) is 4.74 Å². The fraction of sp³-hybridized carbons (Fsp3) is 0.125. The van der Waals surface area contributed by atoms with Gasteiger partial charge in [-0.15, -0.1) is 0 Å². The van der Waals surface area contributed by atoms with Crippen LogP contribution in [-0.4, -0.2) is 17.4 Å². The summed E-state index contributed by atoms with van der Waals surface area (Å²) in [5.74, 6) is -7.62. The van der Waals surface area contributed by atoms with Crippen LogP contribution in [-0.2, 0) is 4.79 Å². The van der Waals surface area contributed by atoms with Crippen LogP contribution in [0, 0.1) is 17.5 Å². The van der Waals surface area contributed by atoms with Crippen molar-refractivity contribution in [2.24, 2.45) is 0 Å². The highest BCUT2D eigenvalue weighted by molar-refractivity contribution is 5.70. The van der Waals surface area contributed by atoms with Gasteiger partial charge in [0.05, 0.1) is 0 Å². The fourth-order valence-corrected chi connectivity index (χ4v) is 0.780. The molecule has 0 fully saturated rings. The second-order valence-corrected chi connectivity index (χ2v) is 2.47. The lowest BCUT2D eigenvalue weighted by atomic mass is 10.3. The summed E-state index contributed by atoms with van der Waals surface area (Å²) < 4.78 is 54.1. The summed E-state index contributed by atoms with van der Waals surface area (Å²) >= 11 is 0. The number of carboxylic acid groups (broad SMARTS) is 1. The molecule has 0 radical (unpaired) electrons. The van der Waals surface area contributed by atoms with E-state index in [0.29, 0.717) is 6.07 Å². The molecule has 3 nitrogen and oxygen atoms in total. The van der Waals surface area contributed by atoms with E-state index in [-0.39, 0.29) is 6.07 Å². The summed E-state index contributed by atoms with van der Waals surface area (Å²) in [7, 11) is 0. The standard InChI is InChI=1S/C8H4F4O3/c9-3-1-4(10)6(11)5(2-3)15-7(12)8(13)14/h1-2,7H,(H,13,14). The molecule has 15 heavy (non-hydrogen) atoms. The van der Waals surface area contributed by atoms with Crippen LogP contribution in [0.15, 0.2) is 12.1 Å². The van der Waals surface area contributed by atoms with E-state index in [1.165, 1.54) is 0 Å². The number of halogens is 4. The molecule has 0 aliphatic carbocycles. The van der Waals surface area contributed by atoms with Gasteiger partial charge in [0.2, 0.25) is 5.82 Å². The zero-order chi connectivity index (χ0) is 11.6. The van der Waals surface area contributed by atoms with Crippen molar-refractivity contribution in [2.45, 2.75) is 6.36 Å². The molecular weight excluding hydrogens is 220 g/mol. The van der Waals surface area contributed by atoms with Gasteiger partial charge in [-0.1, -0.05) is 0 Å². The first-order valence-corrected chi connectivity index (χ1v) is 3.60. The van der Waals surface area contributed by atoms with Gasteiger partial charge in [-0.3, -0.25) is 0 Å². The largest absolute Gasteiger partial charge is 0.476 e. The molecule has 0 spiro atoms. The Balaban J connectivity index is 2.99. The molecule has 1 N–H and O–H groups in total. The van der Waals surface area contributed by atoms with Gasteiger partial charge in [-0.05, 0) is 0 Å². The maximum absolute atomic E-state index is 12.8. The quantitative estimate of drug-likeness (QED) is 0.629. The highest BCUT2D eigenvalue weighted by Gasteiger charge is 2.21. The molecule has 0 aromatic heterocycles. The predicted octanol–water partition coefficient (Wildman–Crippen LogP) is 1.86. The van der Waals surface area contributed by atoms with E-state index < -0.39 is 35.5 Å². The lowest BCUT2D eigenvalue weighted by molar-refractivity contribution is -0.153. The second-order valence-electron chi connectivity index (χ2n) is 2.47. The van der Waals surface area contributed by atoms with Crippen LogP contribution < -0.4 is 4.74 Å². The molecule has 0 heterocycles. The summed E-state index contributed by atoms with van der Waals surface area (Å²) in [5.41, 5.74) is 0. The van der Waals surface area contributed by atoms with E-state index in [0.717, 1.165) is 0 Å². The Labute approximate surface area is 80.9 Å². The van der Waals surface area contributed by atoms with E-state index in [4.69, 9.17) is 5.11 Å². The van der Waals surface area contributed by atoms with E-state index in [9.17, 15) is 22.4 Å². The zero-order valence-corrected chi connectivity index (χ0v) is 7.01. The highest BCUT2D eigenvalue weighted by atomic mass is 19.2. The van der Waals surface area contributed by atoms with Crippen molar-refractivity contribution in [1.82, 2.24) is 0 Å². The van der Waals surface area contributed by atoms with Crippen LogP contribution in [0.25, 0.3) is 0 Å². The molecule has 7 heteroatoms. The number of ether oxygens (including phenoxy) is 1. The van der Waals surface area contributed by atoms with Crippen LogP contribution in [0.5, 0.6) is 5.75 Å². The SMILES string of the molecule is O=C(O)C(F)Oc1cc(F)cc(F)c1F. The van der Waals surface area contributed by atoms with Crippen molar-refractivity contribution in [1.29, 1.82) is 0 Å². The summed E-state index contributed by atoms with van der Waals surface area (Å²) in [5, 5.41) is 8.06. The molecule has 0 aliphatic heterocycles. The van der Waals surface area contributed by atoms with Crippen LogP contribution in [0.3, 0.4) is 0 Å². The minimum atomic E-state index is -2.89. The van der Waals surface area contributed by atoms with Gasteiger partial charge >= 0.3 is 12.3 Å². The maximum atomic E-state index is 12.8. The van der Waals surface area contributed by atoms with Crippen LogP contribution in [0.1, 0.15) is 0 Å². The van der Waals surface area contributed by atoms with Gasteiger partial charge in [0, 0.05) is 12.1 Å². The minimum absolute atomic E-state index is 0.218. The summed E-state index contributed by atoms with van der Waals surface area (Å²) in [6.07, 6.45) is -2.89. The summed E-state index contributed by atoms with van der Waals surface area (Å²) in [4.78, 5) is 9.97. The van der Waals surface area contributed by atoms with Gasteiger partial charge in [-0.25, -0.2) is 13.6 Å². The number of alkyl halides is 1. The molecule has 0 amide bonds. The molecule has 1 unspecified atom stereocenters. The monoisotopic (exact) mass is 224 g/mol. The number of hydrogen-bond donors (Lipinski definition) is 1. The summed E-state index contributed by atoms with van der Waals surface area (Å²) in [6.45, 7) is 0. The van der Waals surface area contributed by atoms with Crippen LogP contribution >= 0.6 is 0 Å². The number of rotatable bonds is 3. The molecule has 82 valence electrons. The van der Waals surface area contributed by atoms with Crippen LogP contribution in [0.4, 0.5) is 17.6 Å². The molecule has 1 aromatic carbocycles. The molecule has 1 aromatic rings. The Morgan fingerprint density at radius 1 is 1.33 bits per heavy atom. The maximum Gasteiger partial charge on any atom is 0.378 e. The van der Waals surface area contributed by atoms with Crippen molar-refractivity contribution in [3.05, 3.63) is 29.6 Å². The fourth-order valence-electron chi connectivity index (χ4n) is 0.780. The van der Waals surface area contributed by atoms with Crippen molar-refractivity contribution in [2.75, 3.05) is 0 Å². The van der Waals surface area contributed by atoms with Gasteiger partial charge < -0.3 is 9.84 Å². The van der Waals surface area contributed by atoms with Gasteiger partial charge in [0.15, 0.2) is 11.6 Å². The Morgan fingerprint density at radius 3 is 2.47 bits per heavy atom. The molecule has 0 bridgehead atoms. The Kier molecular flexibility index (Phi) is 3.13. The third-order valence-corrected chi connectivity index (χ3v) is 1.38. The second kappa shape index (κ2) is 4.16. The van der Waals surface area contributed by atoms with Crippen molar-refractivity contribution in [3.8, 4) is 5.75 Å². The predicted molar refractivity (Wildman–Crippen MR) is 39.5 cm³/mol. The zero-order valence-electron chi connectivity index (χ0n) is 7.01. The van der Waals surface area contributed by atoms with Crippen molar-refractivity contribution < 1.29 is 32.2 Å². The molecule has 0 aliphatic rings. The normalized spacial score (nSPS) is 12.3. The number of hydrogen-bond acceptors (Lipinski definition) is 2. The lowest BCUT2D eigenvalue weighted by Gasteiger charge is -2.08. The number of carboxylic acids is 1. The lowest BCUT2D eigenvalue weighted by Crippen LogP contribution is -2.22. The third-order valence-electron chi connectivity index (χ3n) is 1.38. The van der Waals surface area contributed by atoms with E-state index in [1.807, 2.05) is 0 Å². The number of benzene rings is 1. The Hall–Kier alpha value is -1.79. The van der Waals surface area contributed by atoms with E-state index in [1.54, 1.807) is 0 Å². The van der Waals surface area contributed by atoms with Crippen molar-refractivity contribution in [3.63, 3.8) is 0 Å². The Morgan fingerprint density at radius 2 is 1.93 bits per heavy atom. The number of aliphatic carboxylic acids is 1. The summed E-state index contributed by atoms with van der Waals surface area (Å²) in [6, 6.07) is 0.560. The van der Waals surface area contributed by atoms with Gasteiger partial charge in [-0.2, -0.15) is 8.78 Å². The first-order chi connectivity index (χ1) is 6.91. The van der Waals surface area contributed by atoms with Gasteiger partial charge in [0.25, 0.3) is 0 Å².